The second-order valence-corrected chi connectivity index (χ2v) is 9.01. The average molecular weight is 435 g/mol. The third-order valence-electron chi connectivity index (χ3n) is 5.13. The number of carbonyl (C=O) groups excluding carboxylic acids is 1. The van der Waals surface area contributed by atoms with Crippen molar-refractivity contribution in [2.24, 2.45) is 0 Å². The fourth-order valence-corrected chi connectivity index (χ4v) is 4.88. The summed E-state index contributed by atoms with van der Waals surface area (Å²) in [4.78, 5) is 17.4. The highest BCUT2D eigenvalue weighted by molar-refractivity contribution is 7.21. The van der Waals surface area contributed by atoms with Crippen LogP contribution in [0.15, 0.2) is 30.3 Å². The van der Waals surface area contributed by atoms with Gasteiger partial charge in [-0.15, -0.1) is 0 Å². The monoisotopic (exact) mass is 434 g/mol. The third-order valence-corrected chi connectivity index (χ3v) is 6.29. The Morgan fingerprint density at radius 1 is 1.03 bits per heavy atom. The molecule has 2 heterocycles. The highest BCUT2D eigenvalue weighted by atomic mass is 32.1. The molecule has 0 saturated carbocycles. The summed E-state index contributed by atoms with van der Waals surface area (Å²) in [5.74, 6) is 0.515. The van der Waals surface area contributed by atoms with Crippen LogP contribution in [0.1, 0.15) is 33.6 Å². The molecule has 4 rings (SSSR count). The van der Waals surface area contributed by atoms with E-state index >= 15 is 0 Å². The van der Waals surface area contributed by atoms with Crippen LogP contribution in [-0.4, -0.2) is 27.3 Å². The van der Waals surface area contributed by atoms with Gasteiger partial charge in [-0.3, -0.25) is 4.79 Å². The molecule has 0 atom stereocenters. The fraction of sp³-hybridized carbons (Fsp3) is 0.292. The Bertz CT molecular complexity index is 1280. The van der Waals surface area contributed by atoms with E-state index in [0.29, 0.717) is 5.75 Å². The van der Waals surface area contributed by atoms with E-state index in [0.717, 1.165) is 54.7 Å². The van der Waals surface area contributed by atoms with E-state index in [2.05, 4.69) is 16.5 Å². The van der Waals surface area contributed by atoms with Crippen LogP contribution in [0.5, 0.6) is 5.75 Å². The maximum absolute atomic E-state index is 12.6. The van der Waals surface area contributed by atoms with Crippen LogP contribution in [-0.2, 0) is 4.79 Å². The van der Waals surface area contributed by atoms with Crippen molar-refractivity contribution in [1.82, 2.24) is 14.8 Å². The van der Waals surface area contributed by atoms with Crippen LogP contribution in [0.2, 0.25) is 0 Å². The lowest BCUT2D eigenvalue weighted by Crippen LogP contribution is -2.21. The van der Waals surface area contributed by atoms with Gasteiger partial charge in [-0.1, -0.05) is 17.4 Å². The zero-order chi connectivity index (χ0) is 22.3. The number of anilines is 1. The predicted octanol–water partition coefficient (Wildman–Crippen LogP) is 5.35. The lowest BCUT2D eigenvalue weighted by atomic mass is 10.1. The zero-order valence-electron chi connectivity index (χ0n) is 18.7. The molecular weight excluding hydrogens is 408 g/mol. The van der Waals surface area contributed by atoms with Crippen molar-refractivity contribution < 1.29 is 9.53 Å². The molecule has 1 N–H and O–H groups in total. The van der Waals surface area contributed by atoms with Crippen LogP contribution in [0.4, 0.5) is 5.69 Å². The van der Waals surface area contributed by atoms with Gasteiger partial charge in [-0.2, -0.15) is 5.10 Å². The van der Waals surface area contributed by atoms with Gasteiger partial charge in [0.05, 0.1) is 15.9 Å². The van der Waals surface area contributed by atoms with Crippen LogP contribution < -0.4 is 10.1 Å². The number of nitrogens with zero attached hydrogens (tertiary/aromatic N) is 3. The largest absolute Gasteiger partial charge is 0.484 e. The van der Waals surface area contributed by atoms with Gasteiger partial charge in [-0.25, -0.2) is 9.67 Å². The smallest absolute Gasteiger partial charge is 0.262 e. The predicted molar refractivity (Wildman–Crippen MR) is 126 cm³/mol. The minimum Gasteiger partial charge on any atom is -0.484 e. The number of benzene rings is 2. The number of hydrogen-bond acceptors (Lipinski definition) is 5. The zero-order valence-corrected chi connectivity index (χ0v) is 19.5. The summed E-state index contributed by atoms with van der Waals surface area (Å²) in [6.07, 6.45) is 0. The van der Waals surface area contributed by atoms with Crippen molar-refractivity contribution in [3.05, 3.63) is 64.0 Å². The molecule has 0 saturated heterocycles. The van der Waals surface area contributed by atoms with Crippen molar-refractivity contribution in [3.8, 4) is 10.9 Å². The number of nitrogens with one attached hydrogen (secondary N) is 1. The maximum atomic E-state index is 12.6. The van der Waals surface area contributed by atoms with Crippen LogP contribution >= 0.6 is 11.3 Å². The van der Waals surface area contributed by atoms with Gasteiger partial charge in [0, 0.05) is 11.4 Å². The number of carbonyl (C=O) groups is 1. The summed E-state index contributed by atoms with van der Waals surface area (Å²) in [6, 6.07) is 9.98. The molecule has 0 aliphatic rings. The van der Waals surface area contributed by atoms with E-state index in [1.165, 1.54) is 0 Å². The fourth-order valence-electron chi connectivity index (χ4n) is 3.82. The normalized spacial score (nSPS) is 11.2. The molecule has 0 spiro atoms. The first-order chi connectivity index (χ1) is 14.7. The molecule has 0 bridgehead atoms. The second-order valence-electron chi connectivity index (χ2n) is 8.04. The van der Waals surface area contributed by atoms with Gasteiger partial charge in [0.25, 0.3) is 5.91 Å². The summed E-state index contributed by atoms with van der Waals surface area (Å²) < 4.78 is 8.62. The molecule has 31 heavy (non-hydrogen) atoms. The summed E-state index contributed by atoms with van der Waals surface area (Å²) >= 11 is 1.57. The number of rotatable bonds is 5. The van der Waals surface area contributed by atoms with Crippen LogP contribution in [0.3, 0.4) is 0 Å². The number of fused-ring (bicyclic) bond motifs is 1. The summed E-state index contributed by atoms with van der Waals surface area (Å²) in [5.41, 5.74) is 7.91. The van der Waals surface area contributed by atoms with Crippen molar-refractivity contribution >= 4 is 33.1 Å². The molecule has 2 aromatic carbocycles. The third kappa shape index (κ3) is 4.32. The highest BCUT2D eigenvalue weighted by Gasteiger charge is 2.17. The Morgan fingerprint density at radius 2 is 1.74 bits per heavy atom. The van der Waals surface area contributed by atoms with E-state index in [9.17, 15) is 4.79 Å². The topological polar surface area (TPSA) is 69.0 Å². The molecule has 7 heteroatoms. The standard InChI is InChI=1S/C24H26N4O2S/c1-13-7-14(2)9-19(8-13)30-12-21(29)26-22-15(3)10-20-23(18(22)6)31-24(25-20)28-17(5)11-16(4)27-28/h7-11H,12H2,1-6H3,(H,26,29). The Labute approximate surface area is 185 Å². The quantitative estimate of drug-likeness (QED) is 0.460. The van der Waals surface area contributed by atoms with E-state index in [1.807, 2.05) is 70.5 Å². The van der Waals surface area contributed by atoms with Gasteiger partial charge in [0.1, 0.15) is 5.75 Å². The van der Waals surface area contributed by atoms with Crippen LogP contribution in [0.25, 0.3) is 15.3 Å². The lowest BCUT2D eigenvalue weighted by molar-refractivity contribution is -0.118. The molecule has 4 aromatic rings. The van der Waals surface area contributed by atoms with Crippen LogP contribution in [0, 0.1) is 41.5 Å². The van der Waals surface area contributed by atoms with Crippen molar-refractivity contribution in [2.45, 2.75) is 41.5 Å². The summed E-state index contributed by atoms with van der Waals surface area (Å²) in [7, 11) is 0. The number of thiazole rings is 1. The minimum atomic E-state index is -0.187. The molecule has 2 aromatic heterocycles. The first kappa shape index (κ1) is 21.1. The number of amides is 1. The van der Waals surface area contributed by atoms with Crippen molar-refractivity contribution in [3.63, 3.8) is 0 Å². The molecular formula is C24H26N4O2S. The molecule has 1 amide bonds. The summed E-state index contributed by atoms with van der Waals surface area (Å²) in [6.45, 7) is 12.0. The highest BCUT2D eigenvalue weighted by Crippen LogP contribution is 2.34. The number of hydrogen-bond donors (Lipinski definition) is 1. The Kier molecular flexibility index (Phi) is 5.54. The molecule has 0 unspecified atom stereocenters. The number of aryl methyl sites for hydroxylation is 6. The first-order valence-corrected chi connectivity index (χ1v) is 11.0. The van der Waals surface area contributed by atoms with E-state index in [1.54, 1.807) is 11.3 Å². The molecule has 6 nitrogen and oxygen atoms in total. The van der Waals surface area contributed by atoms with E-state index in [4.69, 9.17) is 9.72 Å². The average Bonchev–Trinajstić information content (AvgIpc) is 3.25. The van der Waals surface area contributed by atoms with Gasteiger partial charge in [0.2, 0.25) is 5.13 Å². The number of aromatic nitrogens is 3. The molecule has 160 valence electrons. The number of ether oxygens (including phenoxy) is 1. The first-order valence-electron chi connectivity index (χ1n) is 10.2. The van der Waals surface area contributed by atoms with E-state index in [-0.39, 0.29) is 12.5 Å². The SMILES string of the molecule is Cc1cc(C)cc(OCC(=O)Nc2c(C)cc3nc(-n4nc(C)cc4C)sc3c2C)c1. The molecule has 0 fully saturated rings. The van der Waals surface area contributed by atoms with Gasteiger partial charge >= 0.3 is 0 Å². The maximum Gasteiger partial charge on any atom is 0.262 e. The Morgan fingerprint density at radius 3 is 2.39 bits per heavy atom. The molecule has 0 radical (unpaired) electrons. The van der Waals surface area contributed by atoms with Gasteiger partial charge in [-0.05, 0) is 88.1 Å². The van der Waals surface area contributed by atoms with Crippen molar-refractivity contribution in [1.29, 1.82) is 0 Å². The van der Waals surface area contributed by atoms with Gasteiger partial charge in [0.15, 0.2) is 6.61 Å². The Balaban J connectivity index is 1.57. The summed E-state index contributed by atoms with van der Waals surface area (Å²) in [5, 5.41) is 8.39. The Hall–Kier alpha value is -3.19. The second kappa shape index (κ2) is 8.15. The molecule has 0 aliphatic heterocycles. The lowest BCUT2D eigenvalue weighted by Gasteiger charge is -2.13. The molecule has 0 aliphatic carbocycles. The van der Waals surface area contributed by atoms with Crippen molar-refractivity contribution in [2.75, 3.05) is 11.9 Å². The minimum absolute atomic E-state index is 0.0422. The van der Waals surface area contributed by atoms with Gasteiger partial charge < -0.3 is 10.1 Å². The van der Waals surface area contributed by atoms with E-state index < -0.39 is 0 Å².